The highest BCUT2D eigenvalue weighted by Crippen LogP contribution is 2.22. The topological polar surface area (TPSA) is 72.2 Å². The maximum absolute atomic E-state index is 12.1. The van der Waals surface area contributed by atoms with Crippen LogP contribution in [0.3, 0.4) is 0 Å². The molecule has 0 heterocycles. The molecule has 102 valence electrons. The molecular weight excluding hydrogens is 336 g/mol. The van der Waals surface area contributed by atoms with Crippen LogP contribution in [0.15, 0.2) is 27.6 Å². The Morgan fingerprint density at radius 1 is 1.50 bits per heavy atom. The van der Waals surface area contributed by atoms with Crippen LogP contribution < -0.4 is 10.5 Å². The molecule has 7 heteroatoms. The zero-order valence-electron chi connectivity index (χ0n) is 10.3. The Bertz CT molecular complexity index is 506. The molecule has 1 atom stereocenters. The predicted octanol–water partition coefficient (Wildman–Crippen LogP) is 2.31. The maximum atomic E-state index is 12.1. The highest BCUT2D eigenvalue weighted by molar-refractivity contribution is 9.10. The van der Waals surface area contributed by atoms with Crippen molar-refractivity contribution in [3.8, 4) is 0 Å². The van der Waals surface area contributed by atoms with E-state index in [9.17, 15) is 8.42 Å². The van der Waals surface area contributed by atoms with Crippen molar-refractivity contribution >= 4 is 43.4 Å². The Morgan fingerprint density at radius 2 is 2.17 bits per heavy atom. The van der Waals surface area contributed by atoms with Crippen LogP contribution in [0.4, 0.5) is 5.69 Å². The van der Waals surface area contributed by atoms with E-state index in [1.165, 1.54) is 6.07 Å². The van der Waals surface area contributed by atoms with Crippen LogP contribution >= 0.6 is 27.7 Å². The van der Waals surface area contributed by atoms with Gasteiger partial charge in [0, 0.05) is 11.0 Å². The molecule has 1 unspecified atom stereocenters. The van der Waals surface area contributed by atoms with Gasteiger partial charge in [0.05, 0.1) is 5.69 Å². The van der Waals surface area contributed by atoms with Gasteiger partial charge in [-0.2, -0.15) is 11.8 Å². The summed E-state index contributed by atoms with van der Waals surface area (Å²) in [5.74, 6) is 1.20. The average Bonchev–Trinajstić information content (AvgIpc) is 2.26. The summed E-state index contributed by atoms with van der Waals surface area (Å²) in [6.07, 6.45) is 2.00. The first-order valence-electron chi connectivity index (χ1n) is 5.40. The molecule has 1 aromatic rings. The Hall–Kier alpha value is -0.240. The van der Waals surface area contributed by atoms with Crippen LogP contribution in [0.5, 0.6) is 0 Å². The molecule has 0 aliphatic rings. The molecule has 0 spiro atoms. The molecule has 0 radical (unpaired) electrons. The van der Waals surface area contributed by atoms with E-state index in [1.54, 1.807) is 23.9 Å². The van der Waals surface area contributed by atoms with Gasteiger partial charge in [-0.3, -0.25) is 0 Å². The molecule has 1 rings (SSSR count). The highest BCUT2D eigenvalue weighted by atomic mass is 79.9. The number of anilines is 1. The monoisotopic (exact) mass is 352 g/mol. The standard InChI is InChI=1S/C11H17BrN2O2S2/c1-8(7-17-2)6-14-18(15,16)11-4-3-9(12)5-10(11)13/h3-5,8,14H,6-7,13H2,1-2H3. The first-order valence-corrected chi connectivity index (χ1v) is 9.07. The van der Waals surface area contributed by atoms with Gasteiger partial charge in [-0.1, -0.05) is 22.9 Å². The molecule has 0 saturated carbocycles. The number of rotatable bonds is 6. The van der Waals surface area contributed by atoms with Crippen LogP contribution in [0.1, 0.15) is 6.92 Å². The van der Waals surface area contributed by atoms with Crippen LogP contribution in [0, 0.1) is 5.92 Å². The number of hydrogen-bond acceptors (Lipinski definition) is 4. The molecule has 0 fully saturated rings. The summed E-state index contributed by atoms with van der Waals surface area (Å²) in [5, 5.41) is 0. The average molecular weight is 353 g/mol. The molecule has 0 saturated heterocycles. The van der Waals surface area contributed by atoms with Crippen molar-refractivity contribution in [2.45, 2.75) is 11.8 Å². The number of nitrogen functional groups attached to an aromatic ring is 1. The zero-order valence-corrected chi connectivity index (χ0v) is 13.5. The van der Waals surface area contributed by atoms with Crippen molar-refractivity contribution in [1.29, 1.82) is 0 Å². The lowest BCUT2D eigenvalue weighted by Gasteiger charge is -2.13. The molecule has 0 aliphatic carbocycles. The summed E-state index contributed by atoms with van der Waals surface area (Å²) >= 11 is 4.94. The summed E-state index contributed by atoms with van der Waals surface area (Å²) in [4.78, 5) is 0.127. The molecule has 0 aliphatic heterocycles. The minimum atomic E-state index is -3.53. The molecule has 1 aromatic carbocycles. The lowest BCUT2D eigenvalue weighted by atomic mass is 10.2. The van der Waals surface area contributed by atoms with Gasteiger partial charge in [0.2, 0.25) is 10.0 Å². The third-order valence-corrected chi connectivity index (χ3v) is 5.23. The number of hydrogen-bond donors (Lipinski definition) is 2. The summed E-state index contributed by atoms with van der Waals surface area (Å²) in [6.45, 7) is 2.42. The normalized spacial score (nSPS) is 13.5. The molecule has 18 heavy (non-hydrogen) atoms. The first-order chi connectivity index (χ1) is 8.36. The van der Waals surface area contributed by atoms with Crippen LogP contribution in [-0.4, -0.2) is 27.0 Å². The van der Waals surface area contributed by atoms with Gasteiger partial charge in [-0.05, 0) is 36.1 Å². The number of nitrogens with two attached hydrogens (primary N) is 1. The lowest BCUT2D eigenvalue weighted by molar-refractivity contribution is 0.563. The van der Waals surface area contributed by atoms with Crippen molar-refractivity contribution in [3.05, 3.63) is 22.7 Å². The third-order valence-electron chi connectivity index (χ3n) is 2.33. The van der Waals surface area contributed by atoms with E-state index in [-0.39, 0.29) is 16.5 Å². The molecule has 3 N–H and O–H groups in total. The minimum Gasteiger partial charge on any atom is -0.398 e. The minimum absolute atomic E-state index is 0.127. The number of benzene rings is 1. The predicted molar refractivity (Wildman–Crippen MR) is 81.3 cm³/mol. The first kappa shape index (κ1) is 15.8. The van der Waals surface area contributed by atoms with Gasteiger partial charge in [0.1, 0.15) is 4.90 Å². The quantitative estimate of drug-likeness (QED) is 0.770. The SMILES string of the molecule is CSCC(C)CNS(=O)(=O)c1ccc(Br)cc1N. The van der Waals surface area contributed by atoms with Gasteiger partial charge < -0.3 is 5.73 Å². The number of halogens is 1. The van der Waals surface area contributed by atoms with Gasteiger partial charge in [0.15, 0.2) is 0 Å². The molecule has 0 amide bonds. The van der Waals surface area contributed by atoms with Gasteiger partial charge in [-0.15, -0.1) is 0 Å². The van der Waals surface area contributed by atoms with Crippen molar-refractivity contribution in [2.24, 2.45) is 5.92 Å². The van der Waals surface area contributed by atoms with Crippen molar-refractivity contribution in [1.82, 2.24) is 4.72 Å². The Kier molecular flexibility index (Phi) is 5.97. The summed E-state index contributed by atoms with van der Waals surface area (Å²) in [6, 6.07) is 4.75. The van der Waals surface area contributed by atoms with E-state index in [1.807, 2.05) is 13.2 Å². The van der Waals surface area contributed by atoms with E-state index in [4.69, 9.17) is 5.73 Å². The second-order valence-electron chi connectivity index (χ2n) is 4.09. The fraction of sp³-hybridized carbons (Fsp3) is 0.455. The fourth-order valence-electron chi connectivity index (χ4n) is 1.44. The number of nitrogens with one attached hydrogen (secondary N) is 1. The number of thioether (sulfide) groups is 1. The van der Waals surface area contributed by atoms with Crippen molar-refractivity contribution in [2.75, 3.05) is 24.3 Å². The Balaban J connectivity index is 2.80. The second-order valence-corrected chi connectivity index (χ2v) is 7.66. The summed E-state index contributed by atoms with van der Waals surface area (Å²) < 4.78 is 27.5. The van der Waals surface area contributed by atoms with Gasteiger partial charge in [-0.25, -0.2) is 13.1 Å². The van der Waals surface area contributed by atoms with E-state index in [0.29, 0.717) is 6.54 Å². The van der Waals surface area contributed by atoms with Crippen molar-refractivity contribution in [3.63, 3.8) is 0 Å². The molecule has 0 aromatic heterocycles. The van der Waals surface area contributed by atoms with Crippen molar-refractivity contribution < 1.29 is 8.42 Å². The van der Waals surface area contributed by atoms with Crippen LogP contribution in [0.25, 0.3) is 0 Å². The van der Waals surface area contributed by atoms with Gasteiger partial charge >= 0.3 is 0 Å². The van der Waals surface area contributed by atoms with E-state index in [2.05, 4.69) is 20.7 Å². The van der Waals surface area contributed by atoms with E-state index >= 15 is 0 Å². The zero-order chi connectivity index (χ0) is 13.8. The summed E-state index contributed by atoms with van der Waals surface area (Å²) in [5.41, 5.74) is 5.96. The second kappa shape index (κ2) is 6.79. The fourth-order valence-corrected chi connectivity index (χ4v) is 3.78. The highest BCUT2D eigenvalue weighted by Gasteiger charge is 2.18. The van der Waals surface area contributed by atoms with Crippen LogP contribution in [-0.2, 0) is 10.0 Å². The summed E-state index contributed by atoms with van der Waals surface area (Å²) in [7, 11) is -3.53. The smallest absolute Gasteiger partial charge is 0.242 e. The largest absolute Gasteiger partial charge is 0.398 e. The molecule has 0 bridgehead atoms. The molecular formula is C11H17BrN2O2S2. The van der Waals surface area contributed by atoms with E-state index < -0.39 is 10.0 Å². The number of sulfonamides is 1. The van der Waals surface area contributed by atoms with E-state index in [0.717, 1.165) is 10.2 Å². The van der Waals surface area contributed by atoms with Crippen LogP contribution in [0.2, 0.25) is 0 Å². The third kappa shape index (κ3) is 4.46. The lowest BCUT2D eigenvalue weighted by Crippen LogP contribution is -2.29. The Morgan fingerprint density at radius 3 is 2.72 bits per heavy atom. The molecule has 4 nitrogen and oxygen atoms in total. The Labute approximate surface area is 121 Å². The maximum Gasteiger partial charge on any atom is 0.242 e. The van der Waals surface area contributed by atoms with Gasteiger partial charge in [0.25, 0.3) is 0 Å².